The summed E-state index contributed by atoms with van der Waals surface area (Å²) in [7, 11) is 0. The molecule has 0 heterocycles. The van der Waals surface area contributed by atoms with E-state index < -0.39 is 10.7 Å². The van der Waals surface area contributed by atoms with Crippen molar-refractivity contribution in [3.8, 4) is 0 Å². The molecule has 1 atom stereocenters. The molecule has 0 fully saturated rings. The van der Waals surface area contributed by atoms with Crippen LogP contribution in [0.1, 0.15) is 19.4 Å². The van der Waals surface area contributed by atoms with Gasteiger partial charge in [0.1, 0.15) is 5.82 Å². The largest absolute Gasteiger partial charge is 0.380 e. The first-order valence-corrected chi connectivity index (χ1v) is 5.78. The van der Waals surface area contributed by atoms with Gasteiger partial charge in [0.2, 0.25) is 0 Å². The fourth-order valence-corrected chi connectivity index (χ4v) is 1.51. The Morgan fingerprint density at radius 1 is 1.56 bits per heavy atom. The molecule has 0 aliphatic heterocycles. The minimum Gasteiger partial charge on any atom is -0.380 e. The van der Waals surface area contributed by atoms with E-state index in [1.54, 1.807) is 0 Å². The highest BCUT2D eigenvalue weighted by Crippen LogP contribution is 2.19. The lowest BCUT2D eigenvalue weighted by atomic mass is 10.1. The first-order valence-electron chi connectivity index (χ1n) is 5.78. The summed E-state index contributed by atoms with van der Waals surface area (Å²) in [4.78, 5) is 10.3. The second-order valence-electron chi connectivity index (χ2n) is 3.97. The Hall–Kier alpha value is -1.53. The maximum Gasteiger partial charge on any atom is 0.274 e. The highest BCUT2D eigenvalue weighted by Gasteiger charge is 2.14. The molecular formula is C12H17FN2O3. The molecular weight excluding hydrogens is 239 g/mol. The number of nitrogens with zero attached hydrogens (tertiary/aromatic N) is 1. The normalized spacial score (nSPS) is 12.4. The molecule has 0 aliphatic rings. The van der Waals surface area contributed by atoms with Gasteiger partial charge in [-0.3, -0.25) is 10.1 Å². The second kappa shape index (κ2) is 7.03. The summed E-state index contributed by atoms with van der Waals surface area (Å²) in [6.45, 7) is 5.17. The molecule has 0 radical (unpaired) electrons. The third-order valence-corrected chi connectivity index (χ3v) is 2.45. The lowest BCUT2D eigenvalue weighted by Gasteiger charge is -2.13. The zero-order valence-corrected chi connectivity index (χ0v) is 10.5. The van der Waals surface area contributed by atoms with Crippen molar-refractivity contribution in [1.29, 1.82) is 0 Å². The molecule has 1 aromatic rings. The van der Waals surface area contributed by atoms with Crippen molar-refractivity contribution in [1.82, 2.24) is 5.32 Å². The minimum absolute atomic E-state index is 0.0489. The maximum absolute atomic E-state index is 13.1. The fourth-order valence-electron chi connectivity index (χ4n) is 1.51. The lowest BCUT2D eigenvalue weighted by molar-refractivity contribution is -0.385. The molecule has 0 saturated heterocycles. The zero-order valence-electron chi connectivity index (χ0n) is 10.5. The Labute approximate surface area is 105 Å². The number of nitro benzene ring substituents is 1. The predicted molar refractivity (Wildman–Crippen MR) is 65.8 cm³/mol. The second-order valence-corrected chi connectivity index (χ2v) is 3.97. The molecule has 5 nitrogen and oxygen atoms in total. The first kappa shape index (κ1) is 14.5. The summed E-state index contributed by atoms with van der Waals surface area (Å²) in [5, 5.41) is 13.8. The molecule has 0 amide bonds. The van der Waals surface area contributed by atoms with Crippen molar-refractivity contribution < 1.29 is 14.1 Å². The molecule has 18 heavy (non-hydrogen) atoms. The Morgan fingerprint density at radius 3 is 2.89 bits per heavy atom. The monoisotopic (exact) mass is 256 g/mol. The van der Waals surface area contributed by atoms with Gasteiger partial charge in [-0.05, 0) is 26.0 Å². The molecule has 6 heteroatoms. The zero-order chi connectivity index (χ0) is 13.5. The lowest BCUT2D eigenvalue weighted by Crippen LogP contribution is -2.30. The summed E-state index contributed by atoms with van der Waals surface area (Å²) >= 11 is 0. The van der Waals surface area contributed by atoms with E-state index in [-0.39, 0.29) is 18.3 Å². The van der Waals surface area contributed by atoms with E-state index in [4.69, 9.17) is 4.74 Å². The van der Waals surface area contributed by atoms with Crippen LogP contribution in [0.4, 0.5) is 10.1 Å². The van der Waals surface area contributed by atoms with Crippen LogP contribution in [-0.2, 0) is 11.3 Å². The smallest absolute Gasteiger partial charge is 0.274 e. The van der Waals surface area contributed by atoms with E-state index in [0.29, 0.717) is 18.8 Å². The van der Waals surface area contributed by atoms with Gasteiger partial charge in [-0.25, -0.2) is 4.39 Å². The van der Waals surface area contributed by atoms with Gasteiger partial charge in [-0.2, -0.15) is 0 Å². The van der Waals surface area contributed by atoms with Crippen LogP contribution in [0.5, 0.6) is 0 Å². The Kier molecular flexibility index (Phi) is 5.67. The summed E-state index contributed by atoms with van der Waals surface area (Å²) in [5.41, 5.74) is 0.260. The third-order valence-electron chi connectivity index (χ3n) is 2.45. The molecule has 0 spiro atoms. The maximum atomic E-state index is 13.1. The van der Waals surface area contributed by atoms with E-state index in [9.17, 15) is 14.5 Å². The van der Waals surface area contributed by atoms with Crippen LogP contribution < -0.4 is 5.32 Å². The molecule has 1 unspecified atom stereocenters. The summed E-state index contributed by atoms with van der Waals surface area (Å²) in [6, 6.07) is 3.50. The number of halogens is 1. The molecule has 1 N–H and O–H groups in total. The highest BCUT2D eigenvalue weighted by atomic mass is 19.1. The van der Waals surface area contributed by atoms with Crippen molar-refractivity contribution in [3.63, 3.8) is 0 Å². The van der Waals surface area contributed by atoms with Gasteiger partial charge in [0.05, 0.1) is 11.5 Å². The number of ether oxygens (including phenoxy) is 1. The Morgan fingerprint density at radius 2 is 2.28 bits per heavy atom. The standard InChI is InChI=1S/C12H17FN2O3/c1-3-18-8-9(2)14-7-10-6-11(13)4-5-12(10)15(16)17/h4-6,9,14H,3,7-8H2,1-2H3. The van der Waals surface area contributed by atoms with Gasteiger partial charge in [0.15, 0.2) is 0 Å². The van der Waals surface area contributed by atoms with Crippen molar-refractivity contribution in [3.05, 3.63) is 39.7 Å². The molecule has 0 bridgehead atoms. The quantitative estimate of drug-likeness (QED) is 0.600. The van der Waals surface area contributed by atoms with E-state index in [1.807, 2.05) is 13.8 Å². The summed E-state index contributed by atoms with van der Waals surface area (Å²) in [5.74, 6) is -0.477. The van der Waals surface area contributed by atoms with Gasteiger partial charge in [-0.15, -0.1) is 0 Å². The minimum atomic E-state index is -0.510. The van der Waals surface area contributed by atoms with Crippen molar-refractivity contribution in [2.75, 3.05) is 13.2 Å². The SMILES string of the molecule is CCOCC(C)NCc1cc(F)ccc1[N+](=O)[O-]. The van der Waals surface area contributed by atoms with Gasteiger partial charge >= 0.3 is 0 Å². The van der Waals surface area contributed by atoms with Gasteiger partial charge in [0, 0.05) is 30.8 Å². The molecule has 0 aliphatic carbocycles. The number of rotatable bonds is 7. The van der Waals surface area contributed by atoms with E-state index >= 15 is 0 Å². The van der Waals surface area contributed by atoms with Gasteiger partial charge < -0.3 is 10.1 Å². The first-order chi connectivity index (χ1) is 8.54. The highest BCUT2D eigenvalue weighted by molar-refractivity contribution is 5.40. The van der Waals surface area contributed by atoms with Crippen LogP contribution in [-0.4, -0.2) is 24.2 Å². The van der Waals surface area contributed by atoms with Gasteiger partial charge in [0.25, 0.3) is 5.69 Å². The molecule has 1 rings (SSSR count). The van der Waals surface area contributed by atoms with Crippen molar-refractivity contribution in [2.24, 2.45) is 0 Å². The van der Waals surface area contributed by atoms with E-state index in [0.717, 1.165) is 6.07 Å². The number of nitro groups is 1. The number of nitrogens with one attached hydrogen (secondary N) is 1. The topological polar surface area (TPSA) is 64.4 Å². The van der Waals surface area contributed by atoms with E-state index in [2.05, 4.69) is 5.32 Å². The van der Waals surface area contributed by atoms with E-state index in [1.165, 1.54) is 12.1 Å². The van der Waals surface area contributed by atoms with Crippen molar-refractivity contribution in [2.45, 2.75) is 26.4 Å². The summed E-state index contributed by atoms with van der Waals surface area (Å²) < 4.78 is 18.3. The average molecular weight is 256 g/mol. The van der Waals surface area contributed by atoms with Crippen LogP contribution in [0.25, 0.3) is 0 Å². The average Bonchev–Trinajstić information content (AvgIpc) is 2.33. The third kappa shape index (κ3) is 4.38. The summed E-state index contributed by atoms with van der Waals surface area (Å²) in [6.07, 6.45) is 0. The van der Waals surface area contributed by atoms with Crippen LogP contribution >= 0.6 is 0 Å². The van der Waals surface area contributed by atoms with Crippen LogP contribution in [0.15, 0.2) is 18.2 Å². The van der Waals surface area contributed by atoms with Crippen LogP contribution in [0.3, 0.4) is 0 Å². The van der Waals surface area contributed by atoms with Crippen molar-refractivity contribution >= 4 is 5.69 Å². The molecule has 100 valence electrons. The molecule has 0 aromatic heterocycles. The Balaban J connectivity index is 2.65. The number of benzene rings is 1. The van der Waals surface area contributed by atoms with Crippen LogP contribution in [0, 0.1) is 15.9 Å². The van der Waals surface area contributed by atoms with Gasteiger partial charge in [-0.1, -0.05) is 0 Å². The molecule has 1 aromatic carbocycles. The van der Waals surface area contributed by atoms with Crippen LogP contribution in [0.2, 0.25) is 0 Å². The fraction of sp³-hybridized carbons (Fsp3) is 0.500. The Bertz CT molecular complexity index is 412. The molecule has 0 saturated carbocycles. The number of hydrogen-bond acceptors (Lipinski definition) is 4. The predicted octanol–water partition coefficient (Wildman–Crippen LogP) is 2.25. The number of hydrogen-bond donors (Lipinski definition) is 1.